The summed E-state index contributed by atoms with van der Waals surface area (Å²) in [7, 11) is 0. The Bertz CT molecular complexity index is 463. The van der Waals surface area contributed by atoms with Crippen LogP contribution >= 0.6 is 15.9 Å². The molecular formula is C15H20BrNO3. The highest BCUT2D eigenvalue weighted by molar-refractivity contribution is 9.10. The molecule has 1 aliphatic heterocycles. The van der Waals surface area contributed by atoms with Crippen molar-refractivity contribution in [2.75, 3.05) is 19.7 Å². The Morgan fingerprint density at radius 3 is 2.70 bits per heavy atom. The lowest BCUT2D eigenvalue weighted by atomic mass is 10.0. The van der Waals surface area contributed by atoms with E-state index in [1.165, 1.54) is 0 Å². The van der Waals surface area contributed by atoms with Crippen LogP contribution in [0.5, 0.6) is 0 Å². The van der Waals surface area contributed by atoms with Gasteiger partial charge in [0.1, 0.15) is 0 Å². The lowest BCUT2D eigenvalue weighted by molar-refractivity contribution is -0.100. The Hall–Kier alpha value is -0.750. The summed E-state index contributed by atoms with van der Waals surface area (Å²) in [6, 6.07) is 7.19. The number of aliphatic hydroxyl groups excluding tert-OH is 1. The topological polar surface area (TPSA) is 49.8 Å². The van der Waals surface area contributed by atoms with Gasteiger partial charge in [-0.2, -0.15) is 0 Å². The van der Waals surface area contributed by atoms with Crippen molar-refractivity contribution in [2.45, 2.75) is 32.1 Å². The number of benzene rings is 1. The zero-order valence-electron chi connectivity index (χ0n) is 11.8. The van der Waals surface area contributed by atoms with Crippen LogP contribution in [-0.2, 0) is 4.74 Å². The van der Waals surface area contributed by atoms with Crippen LogP contribution in [0.3, 0.4) is 0 Å². The van der Waals surface area contributed by atoms with E-state index in [2.05, 4.69) is 20.8 Å². The lowest BCUT2D eigenvalue weighted by Gasteiger charge is -2.38. The van der Waals surface area contributed by atoms with Gasteiger partial charge in [0.2, 0.25) is 0 Å². The maximum atomic E-state index is 12.5. The molecule has 0 aliphatic carbocycles. The molecule has 1 aromatic rings. The van der Waals surface area contributed by atoms with E-state index in [4.69, 9.17) is 4.74 Å². The van der Waals surface area contributed by atoms with Gasteiger partial charge in [-0.1, -0.05) is 28.1 Å². The third kappa shape index (κ3) is 3.67. The second-order valence-electron chi connectivity index (χ2n) is 5.25. The van der Waals surface area contributed by atoms with Gasteiger partial charge in [-0.3, -0.25) is 9.69 Å². The molecule has 0 amide bonds. The number of nitrogens with zero attached hydrogens (tertiary/aromatic N) is 1. The van der Waals surface area contributed by atoms with Crippen LogP contribution < -0.4 is 0 Å². The van der Waals surface area contributed by atoms with Gasteiger partial charge in [-0.05, 0) is 26.0 Å². The molecule has 0 spiro atoms. The minimum atomic E-state index is -0.212. The molecule has 0 radical (unpaired) electrons. The number of carbonyl (C=O) groups excluding carboxylic acids is 1. The number of aliphatic hydroxyl groups is 1. The summed E-state index contributed by atoms with van der Waals surface area (Å²) >= 11 is 3.37. The van der Waals surface area contributed by atoms with E-state index >= 15 is 0 Å². The van der Waals surface area contributed by atoms with Gasteiger partial charge in [-0.15, -0.1) is 0 Å². The molecule has 1 N–H and O–H groups in total. The summed E-state index contributed by atoms with van der Waals surface area (Å²) in [5, 5.41) is 9.25. The molecule has 20 heavy (non-hydrogen) atoms. The number of morpholine rings is 1. The van der Waals surface area contributed by atoms with Crippen LogP contribution in [0.2, 0.25) is 0 Å². The number of Topliss-reactive ketones (excluding diaryl/α,β-unsaturated/α-hetero) is 1. The molecule has 5 heteroatoms. The van der Waals surface area contributed by atoms with Crippen molar-refractivity contribution in [1.29, 1.82) is 0 Å². The average molecular weight is 342 g/mol. The third-order valence-corrected chi connectivity index (χ3v) is 4.14. The van der Waals surface area contributed by atoms with Crippen LogP contribution in [0.25, 0.3) is 0 Å². The maximum Gasteiger partial charge on any atom is 0.179 e. The fourth-order valence-electron chi connectivity index (χ4n) is 2.52. The second-order valence-corrected chi connectivity index (χ2v) is 6.17. The van der Waals surface area contributed by atoms with Gasteiger partial charge < -0.3 is 9.84 Å². The number of rotatable bonds is 4. The molecule has 1 aromatic carbocycles. The number of hydrogen-bond acceptors (Lipinski definition) is 4. The Kier molecular flexibility index (Phi) is 5.32. The van der Waals surface area contributed by atoms with Crippen molar-refractivity contribution in [2.24, 2.45) is 0 Å². The zero-order chi connectivity index (χ0) is 14.7. The Balaban J connectivity index is 2.07. The van der Waals surface area contributed by atoms with Crippen LogP contribution in [0, 0.1) is 0 Å². The summed E-state index contributed by atoms with van der Waals surface area (Å²) < 4.78 is 6.57. The first-order valence-electron chi connectivity index (χ1n) is 6.81. The van der Waals surface area contributed by atoms with Gasteiger partial charge in [0.15, 0.2) is 5.78 Å². The number of hydrogen-bond donors (Lipinski definition) is 1. The van der Waals surface area contributed by atoms with E-state index in [9.17, 15) is 9.90 Å². The summed E-state index contributed by atoms with van der Waals surface area (Å²) in [6.45, 7) is 5.16. The van der Waals surface area contributed by atoms with E-state index in [1.807, 2.05) is 38.1 Å². The highest BCUT2D eigenvalue weighted by Crippen LogP contribution is 2.18. The summed E-state index contributed by atoms with van der Waals surface area (Å²) in [5.41, 5.74) is 0.709. The molecular weight excluding hydrogens is 322 g/mol. The Labute approximate surface area is 127 Å². The largest absolute Gasteiger partial charge is 0.394 e. The van der Waals surface area contributed by atoms with E-state index < -0.39 is 0 Å². The summed E-state index contributed by atoms with van der Waals surface area (Å²) in [5.74, 6) is 0.100. The monoisotopic (exact) mass is 341 g/mol. The lowest BCUT2D eigenvalue weighted by Crippen LogP contribution is -2.53. The van der Waals surface area contributed by atoms with E-state index in [1.54, 1.807) is 0 Å². The van der Waals surface area contributed by atoms with Crippen molar-refractivity contribution < 1.29 is 14.6 Å². The Morgan fingerprint density at radius 1 is 1.45 bits per heavy atom. The maximum absolute atomic E-state index is 12.5. The number of halogens is 1. The van der Waals surface area contributed by atoms with Crippen molar-refractivity contribution in [3.8, 4) is 0 Å². The first kappa shape index (κ1) is 15.6. The standard InChI is InChI=1S/C15H20BrNO3/c1-10-7-17(8-14(9-18)20-10)11(2)15(19)12-3-5-13(16)6-4-12/h3-6,10-11,14,18H,7-9H2,1-2H3. The highest BCUT2D eigenvalue weighted by atomic mass is 79.9. The molecule has 0 saturated carbocycles. The second kappa shape index (κ2) is 6.80. The molecule has 110 valence electrons. The van der Waals surface area contributed by atoms with E-state index in [0.29, 0.717) is 18.7 Å². The van der Waals surface area contributed by atoms with E-state index in [0.717, 1.165) is 4.47 Å². The molecule has 3 unspecified atom stereocenters. The van der Waals surface area contributed by atoms with E-state index in [-0.39, 0.29) is 30.6 Å². The first-order chi connectivity index (χ1) is 9.51. The van der Waals surface area contributed by atoms with Gasteiger partial charge in [0.25, 0.3) is 0 Å². The molecule has 1 fully saturated rings. The van der Waals surface area contributed by atoms with Crippen molar-refractivity contribution in [3.63, 3.8) is 0 Å². The van der Waals surface area contributed by atoms with Crippen molar-refractivity contribution in [3.05, 3.63) is 34.3 Å². The molecule has 0 bridgehead atoms. The fourth-order valence-corrected chi connectivity index (χ4v) is 2.78. The molecule has 4 nitrogen and oxygen atoms in total. The minimum absolute atomic E-state index is 0.0139. The fraction of sp³-hybridized carbons (Fsp3) is 0.533. The number of ether oxygens (including phenoxy) is 1. The van der Waals surface area contributed by atoms with Gasteiger partial charge >= 0.3 is 0 Å². The van der Waals surface area contributed by atoms with Gasteiger partial charge in [0.05, 0.1) is 24.9 Å². The molecule has 1 aliphatic rings. The Morgan fingerprint density at radius 2 is 2.10 bits per heavy atom. The molecule has 3 atom stereocenters. The van der Waals surface area contributed by atoms with Crippen LogP contribution in [-0.4, -0.2) is 53.7 Å². The van der Waals surface area contributed by atoms with Crippen LogP contribution in [0.1, 0.15) is 24.2 Å². The summed E-state index contributed by atoms with van der Waals surface area (Å²) in [4.78, 5) is 14.6. The summed E-state index contributed by atoms with van der Waals surface area (Å²) in [6.07, 6.45) is -0.181. The first-order valence-corrected chi connectivity index (χ1v) is 7.60. The normalized spacial score (nSPS) is 25.4. The molecule has 1 saturated heterocycles. The molecule has 2 rings (SSSR count). The van der Waals surface area contributed by atoms with Crippen LogP contribution in [0.15, 0.2) is 28.7 Å². The van der Waals surface area contributed by atoms with Crippen molar-refractivity contribution >= 4 is 21.7 Å². The molecule has 0 aromatic heterocycles. The average Bonchev–Trinajstić information content (AvgIpc) is 2.45. The van der Waals surface area contributed by atoms with Crippen LogP contribution in [0.4, 0.5) is 0 Å². The molecule has 1 heterocycles. The van der Waals surface area contributed by atoms with Gasteiger partial charge in [-0.25, -0.2) is 0 Å². The quantitative estimate of drug-likeness (QED) is 0.852. The zero-order valence-corrected chi connectivity index (χ0v) is 13.3. The number of carbonyl (C=O) groups is 1. The minimum Gasteiger partial charge on any atom is -0.394 e. The third-order valence-electron chi connectivity index (χ3n) is 3.61. The SMILES string of the molecule is CC1CN(C(C)C(=O)c2ccc(Br)cc2)CC(CO)O1. The van der Waals surface area contributed by atoms with Gasteiger partial charge in [0, 0.05) is 23.1 Å². The van der Waals surface area contributed by atoms with Crippen molar-refractivity contribution in [1.82, 2.24) is 4.90 Å². The smallest absolute Gasteiger partial charge is 0.179 e. The number of ketones is 1. The highest BCUT2D eigenvalue weighted by Gasteiger charge is 2.31. The predicted molar refractivity (Wildman–Crippen MR) is 80.9 cm³/mol. The predicted octanol–water partition coefficient (Wildman–Crippen LogP) is 2.10.